The van der Waals surface area contributed by atoms with Gasteiger partial charge in [0.25, 0.3) is 5.91 Å². The Kier molecular flexibility index (Phi) is 4.90. The molecular formula is C16H16ClN5O2. The number of fused-ring (bicyclic) bond motifs is 1. The highest BCUT2D eigenvalue weighted by Crippen LogP contribution is 2.18. The fraction of sp³-hybridized carbons (Fsp3) is 0.250. The lowest BCUT2D eigenvalue weighted by Crippen LogP contribution is -2.33. The summed E-state index contributed by atoms with van der Waals surface area (Å²) < 4.78 is 5.29. The number of nitrogens with zero attached hydrogens (tertiary/aromatic N) is 3. The molecule has 7 nitrogen and oxygen atoms in total. The summed E-state index contributed by atoms with van der Waals surface area (Å²) in [7, 11) is 0. The van der Waals surface area contributed by atoms with E-state index in [1.807, 2.05) is 31.2 Å². The van der Waals surface area contributed by atoms with E-state index in [4.69, 9.17) is 16.3 Å². The van der Waals surface area contributed by atoms with Crippen LogP contribution in [-0.4, -0.2) is 32.4 Å². The first-order valence-electron chi connectivity index (χ1n) is 7.50. The van der Waals surface area contributed by atoms with Gasteiger partial charge in [-0.05, 0) is 18.6 Å². The van der Waals surface area contributed by atoms with Gasteiger partial charge in [-0.2, -0.15) is 4.98 Å². The van der Waals surface area contributed by atoms with Crippen LogP contribution in [0.4, 0.5) is 0 Å². The predicted molar refractivity (Wildman–Crippen MR) is 89.8 cm³/mol. The molecule has 0 spiro atoms. The van der Waals surface area contributed by atoms with Crippen LogP contribution in [0.25, 0.3) is 11.0 Å². The zero-order valence-electron chi connectivity index (χ0n) is 13.0. The zero-order valence-corrected chi connectivity index (χ0v) is 13.7. The fourth-order valence-electron chi connectivity index (χ4n) is 2.27. The van der Waals surface area contributed by atoms with Crippen LogP contribution in [0.15, 0.2) is 36.7 Å². The average Bonchev–Trinajstić information content (AvgIpc) is 3.02. The number of para-hydroxylation sites is 2. The topological polar surface area (TPSA) is 92.8 Å². The minimum absolute atomic E-state index is 0.175. The van der Waals surface area contributed by atoms with Crippen molar-refractivity contribution in [3.8, 4) is 5.88 Å². The Morgan fingerprint density at radius 2 is 2.17 bits per heavy atom. The number of imidazole rings is 1. The third kappa shape index (κ3) is 3.80. The summed E-state index contributed by atoms with van der Waals surface area (Å²) in [5.74, 6) is 0.646. The number of halogens is 1. The Hall–Kier alpha value is -2.67. The van der Waals surface area contributed by atoms with Crippen LogP contribution in [0.1, 0.15) is 25.2 Å². The van der Waals surface area contributed by atoms with Gasteiger partial charge in [-0.3, -0.25) is 9.78 Å². The maximum absolute atomic E-state index is 12.1. The monoisotopic (exact) mass is 345 g/mol. The number of ether oxygens (including phenoxy) is 1. The van der Waals surface area contributed by atoms with Crippen molar-refractivity contribution >= 4 is 28.5 Å². The molecule has 2 aromatic heterocycles. The van der Waals surface area contributed by atoms with E-state index < -0.39 is 0 Å². The molecule has 0 radical (unpaired) electrons. The van der Waals surface area contributed by atoms with E-state index in [2.05, 4.69) is 25.3 Å². The smallest absolute Gasteiger partial charge is 0.258 e. The molecule has 0 aliphatic heterocycles. The van der Waals surface area contributed by atoms with Crippen LogP contribution in [-0.2, 0) is 4.79 Å². The van der Waals surface area contributed by atoms with Crippen LogP contribution in [0.2, 0.25) is 5.15 Å². The number of amides is 1. The van der Waals surface area contributed by atoms with E-state index in [9.17, 15) is 4.79 Å². The van der Waals surface area contributed by atoms with Crippen molar-refractivity contribution in [3.63, 3.8) is 0 Å². The number of nitrogens with one attached hydrogen (secondary N) is 2. The van der Waals surface area contributed by atoms with Gasteiger partial charge in [0, 0.05) is 0 Å². The quantitative estimate of drug-likeness (QED) is 0.716. The summed E-state index contributed by atoms with van der Waals surface area (Å²) in [4.78, 5) is 27.6. The number of hydrogen-bond acceptors (Lipinski definition) is 5. The van der Waals surface area contributed by atoms with E-state index >= 15 is 0 Å². The van der Waals surface area contributed by atoms with Crippen molar-refractivity contribution in [1.29, 1.82) is 0 Å². The third-order valence-electron chi connectivity index (χ3n) is 3.42. The van der Waals surface area contributed by atoms with Crippen LogP contribution in [0.3, 0.4) is 0 Å². The highest BCUT2D eigenvalue weighted by atomic mass is 35.5. The molecule has 1 atom stereocenters. The van der Waals surface area contributed by atoms with E-state index in [1.54, 1.807) is 0 Å². The number of H-pyrrole nitrogens is 1. The molecule has 0 bridgehead atoms. The summed E-state index contributed by atoms with van der Waals surface area (Å²) in [6.07, 6.45) is 3.49. The summed E-state index contributed by atoms with van der Waals surface area (Å²) in [5, 5.41) is 3.10. The molecule has 8 heteroatoms. The van der Waals surface area contributed by atoms with Gasteiger partial charge in [0.1, 0.15) is 5.82 Å². The minimum Gasteiger partial charge on any atom is -0.466 e. The Morgan fingerprint density at radius 3 is 2.92 bits per heavy atom. The van der Waals surface area contributed by atoms with Gasteiger partial charge in [0.05, 0.1) is 29.5 Å². The second kappa shape index (κ2) is 7.27. The van der Waals surface area contributed by atoms with Gasteiger partial charge >= 0.3 is 0 Å². The maximum atomic E-state index is 12.1. The molecule has 3 rings (SSSR count). The lowest BCUT2D eigenvalue weighted by atomic mass is 10.2. The summed E-state index contributed by atoms with van der Waals surface area (Å²) in [6, 6.07) is 7.50. The van der Waals surface area contributed by atoms with Crippen molar-refractivity contribution < 1.29 is 9.53 Å². The first-order chi connectivity index (χ1) is 11.7. The molecule has 0 aliphatic rings. The van der Waals surface area contributed by atoms with E-state index in [0.717, 1.165) is 16.9 Å². The van der Waals surface area contributed by atoms with E-state index in [1.165, 1.54) is 12.4 Å². The fourth-order valence-corrected chi connectivity index (χ4v) is 2.41. The molecule has 0 fully saturated rings. The molecule has 124 valence electrons. The summed E-state index contributed by atoms with van der Waals surface area (Å²) in [5.41, 5.74) is 1.80. The molecular weight excluding hydrogens is 330 g/mol. The number of carbonyl (C=O) groups is 1. The largest absolute Gasteiger partial charge is 0.466 e. The van der Waals surface area contributed by atoms with Gasteiger partial charge in [0.2, 0.25) is 5.88 Å². The van der Waals surface area contributed by atoms with Crippen molar-refractivity contribution in [1.82, 2.24) is 25.3 Å². The Balaban J connectivity index is 1.63. The van der Waals surface area contributed by atoms with Crippen molar-refractivity contribution in [2.75, 3.05) is 6.61 Å². The molecule has 0 saturated heterocycles. The summed E-state index contributed by atoms with van der Waals surface area (Å²) >= 11 is 5.72. The second-order valence-electron chi connectivity index (χ2n) is 5.14. The number of hydrogen-bond donors (Lipinski definition) is 2. The van der Waals surface area contributed by atoms with E-state index in [-0.39, 0.29) is 29.6 Å². The maximum Gasteiger partial charge on any atom is 0.258 e. The molecule has 2 heterocycles. The first kappa shape index (κ1) is 16.2. The average molecular weight is 346 g/mol. The molecule has 1 aromatic carbocycles. The highest BCUT2D eigenvalue weighted by Gasteiger charge is 2.17. The van der Waals surface area contributed by atoms with Gasteiger partial charge in [-0.1, -0.05) is 30.7 Å². The standard InChI is InChI=1S/C16H16ClN5O2/c1-2-10(16-20-11-5-3-4-6-12(11)21-16)19-14(23)9-24-15-8-18-7-13(17)22-15/h3-8,10H,2,9H2,1H3,(H,19,23)(H,20,21). The molecule has 3 aromatic rings. The number of carbonyl (C=O) groups excluding carboxylic acids is 1. The Morgan fingerprint density at radius 1 is 1.33 bits per heavy atom. The van der Waals surface area contributed by atoms with Gasteiger partial charge in [-0.15, -0.1) is 0 Å². The van der Waals surface area contributed by atoms with Crippen LogP contribution in [0, 0.1) is 0 Å². The number of aromatic amines is 1. The van der Waals surface area contributed by atoms with Crippen molar-refractivity contribution in [2.24, 2.45) is 0 Å². The van der Waals surface area contributed by atoms with Crippen molar-refractivity contribution in [2.45, 2.75) is 19.4 Å². The second-order valence-corrected chi connectivity index (χ2v) is 5.52. The zero-order chi connectivity index (χ0) is 16.9. The number of rotatable bonds is 6. The molecule has 0 aliphatic carbocycles. The lowest BCUT2D eigenvalue weighted by Gasteiger charge is -2.14. The highest BCUT2D eigenvalue weighted by molar-refractivity contribution is 6.29. The number of aromatic nitrogens is 4. The van der Waals surface area contributed by atoms with Crippen LogP contribution in [0.5, 0.6) is 5.88 Å². The minimum atomic E-state index is -0.274. The van der Waals surface area contributed by atoms with Crippen LogP contribution < -0.4 is 10.1 Å². The van der Waals surface area contributed by atoms with Gasteiger partial charge in [0.15, 0.2) is 11.8 Å². The molecule has 0 saturated carbocycles. The third-order valence-corrected chi connectivity index (χ3v) is 3.60. The molecule has 1 unspecified atom stereocenters. The molecule has 24 heavy (non-hydrogen) atoms. The number of benzene rings is 1. The molecule has 1 amide bonds. The first-order valence-corrected chi connectivity index (χ1v) is 7.88. The van der Waals surface area contributed by atoms with Crippen LogP contribution >= 0.6 is 11.6 Å². The van der Waals surface area contributed by atoms with E-state index in [0.29, 0.717) is 6.42 Å². The molecule has 2 N–H and O–H groups in total. The SMILES string of the molecule is CCC(NC(=O)COc1cncc(Cl)n1)c1nc2ccccc2[nH]1. The predicted octanol–water partition coefficient (Wildman–Crippen LogP) is 2.65. The van der Waals surface area contributed by atoms with Gasteiger partial charge in [-0.25, -0.2) is 4.98 Å². The summed E-state index contributed by atoms with van der Waals surface area (Å²) in [6.45, 7) is 1.80. The van der Waals surface area contributed by atoms with Crippen molar-refractivity contribution in [3.05, 3.63) is 47.6 Å². The lowest BCUT2D eigenvalue weighted by molar-refractivity contribution is -0.124. The normalized spacial score (nSPS) is 12.1. The Bertz CT molecular complexity index is 818. The van der Waals surface area contributed by atoms with Gasteiger partial charge < -0.3 is 15.0 Å². The Labute approximate surface area is 143 Å².